The Bertz CT molecular complexity index is 156. The SMILES string of the molecule is CC1=CN(C)CN1C(F)F. The van der Waals surface area contributed by atoms with Crippen molar-refractivity contribution < 1.29 is 8.78 Å². The molecule has 0 atom stereocenters. The molecule has 0 saturated carbocycles. The molecule has 1 heterocycles. The van der Waals surface area contributed by atoms with Crippen LogP contribution in [-0.4, -0.2) is 30.1 Å². The van der Waals surface area contributed by atoms with E-state index in [2.05, 4.69) is 0 Å². The van der Waals surface area contributed by atoms with E-state index in [9.17, 15) is 8.78 Å². The number of hydrogen-bond acceptors (Lipinski definition) is 2. The molecule has 0 radical (unpaired) electrons. The highest BCUT2D eigenvalue weighted by Gasteiger charge is 2.21. The van der Waals surface area contributed by atoms with Crippen LogP contribution in [-0.2, 0) is 0 Å². The van der Waals surface area contributed by atoms with Gasteiger partial charge >= 0.3 is 6.55 Å². The number of nitrogens with zero attached hydrogens (tertiary/aromatic N) is 2. The predicted octanol–water partition coefficient (Wildman–Crippen LogP) is 1.28. The number of allylic oxidation sites excluding steroid dienone is 1. The van der Waals surface area contributed by atoms with Gasteiger partial charge < -0.3 is 9.80 Å². The first-order valence-corrected chi connectivity index (χ1v) is 3.04. The molecule has 0 bridgehead atoms. The van der Waals surface area contributed by atoms with Gasteiger partial charge in [0, 0.05) is 18.9 Å². The molecular weight excluding hydrogens is 138 g/mol. The molecular formula is C6H10F2N2. The highest BCUT2D eigenvalue weighted by Crippen LogP contribution is 2.17. The lowest BCUT2D eigenvalue weighted by atomic mass is 10.5. The molecule has 0 aromatic rings. The van der Waals surface area contributed by atoms with Gasteiger partial charge in [0.25, 0.3) is 0 Å². The van der Waals surface area contributed by atoms with Crippen LogP contribution in [0.3, 0.4) is 0 Å². The van der Waals surface area contributed by atoms with Crippen molar-refractivity contribution >= 4 is 0 Å². The van der Waals surface area contributed by atoms with Gasteiger partial charge in [-0.15, -0.1) is 0 Å². The minimum Gasteiger partial charge on any atom is -0.361 e. The maximum absolute atomic E-state index is 12.0. The first-order valence-electron chi connectivity index (χ1n) is 3.04. The van der Waals surface area contributed by atoms with Crippen molar-refractivity contribution in [2.24, 2.45) is 0 Å². The van der Waals surface area contributed by atoms with Crippen LogP contribution in [0.1, 0.15) is 6.92 Å². The molecule has 0 fully saturated rings. The standard InChI is InChI=1S/C6H10F2N2/c1-5-3-9(2)4-10(5)6(7)8/h3,6H,4H2,1-2H3. The Morgan fingerprint density at radius 1 is 1.60 bits per heavy atom. The van der Waals surface area contributed by atoms with E-state index >= 15 is 0 Å². The molecule has 0 amide bonds. The van der Waals surface area contributed by atoms with Crippen LogP contribution < -0.4 is 0 Å². The maximum Gasteiger partial charge on any atom is 0.316 e. The van der Waals surface area contributed by atoms with Crippen molar-refractivity contribution in [2.45, 2.75) is 13.5 Å². The van der Waals surface area contributed by atoms with E-state index in [0.717, 1.165) is 4.90 Å². The minimum atomic E-state index is -2.37. The zero-order valence-electron chi connectivity index (χ0n) is 6.01. The highest BCUT2D eigenvalue weighted by atomic mass is 19.3. The van der Waals surface area contributed by atoms with E-state index in [4.69, 9.17) is 0 Å². The number of alkyl halides is 2. The molecule has 2 nitrogen and oxygen atoms in total. The molecule has 4 heteroatoms. The summed E-state index contributed by atoms with van der Waals surface area (Å²) < 4.78 is 24.0. The van der Waals surface area contributed by atoms with Gasteiger partial charge in [0.05, 0.1) is 6.67 Å². The van der Waals surface area contributed by atoms with E-state index in [1.165, 1.54) is 0 Å². The van der Waals surface area contributed by atoms with E-state index in [1.807, 2.05) is 0 Å². The largest absolute Gasteiger partial charge is 0.361 e. The molecule has 0 aliphatic carbocycles. The molecule has 0 unspecified atom stereocenters. The second-order valence-corrected chi connectivity index (χ2v) is 2.42. The fourth-order valence-electron chi connectivity index (χ4n) is 1.00. The van der Waals surface area contributed by atoms with Gasteiger partial charge in [-0.3, -0.25) is 0 Å². The van der Waals surface area contributed by atoms with Gasteiger partial charge in [0.15, 0.2) is 0 Å². The quantitative estimate of drug-likeness (QED) is 0.517. The molecule has 1 rings (SSSR count). The third-order valence-corrected chi connectivity index (χ3v) is 1.47. The molecule has 0 aromatic carbocycles. The summed E-state index contributed by atoms with van der Waals surface area (Å²) in [5.41, 5.74) is 0.623. The smallest absolute Gasteiger partial charge is 0.316 e. The van der Waals surface area contributed by atoms with Crippen molar-refractivity contribution in [1.82, 2.24) is 9.80 Å². The Hall–Kier alpha value is -0.800. The van der Waals surface area contributed by atoms with Crippen molar-refractivity contribution in [1.29, 1.82) is 0 Å². The van der Waals surface area contributed by atoms with Crippen LogP contribution in [0.25, 0.3) is 0 Å². The molecule has 0 N–H and O–H groups in total. The molecule has 10 heavy (non-hydrogen) atoms. The predicted molar refractivity (Wildman–Crippen MR) is 34.2 cm³/mol. The molecule has 58 valence electrons. The summed E-state index contributed by atoms with van der Waals surface area (Å²) in [6.45, 7) is -0.403. The fraction of sp³-hybridized carbons (Fsp3) is 0.667. The molecule has 0 spiro atoms. The Morgan fingerprint density at radius 3 is 2.40 bits per heavy atom. The maximum atomic E-state index is 12.0. The zero-order valence-corrected chi connectivity index (χ0v) is 6.01. The number of rotatable bonds is 1. The highest BCUT2D eigenvalue weighted by molar-refractivity contribution is 5.01. The average molecular weight is 148 g/mol. The Kier molecular flexibility index (Phi) is 1.78. The van der Waals surface area contributed by atoms with E-state index < -0.39 is 6.55 Å². The summed E-state index contributed by atoms with van der Waals surface area (Å²) >= 11 is 0. The molecule has 0 saturated heterocycles. The van der Waals surface area contributed by atoms with Gasteiger partial charge in [-0.1, -0.05) is 0 Å². The lowest BCUT2D eigenvalue weighted by molar-refractivity contribution is -0.00948. The van der Waals surface area contributed by atoms with Crippen LogP contribution in [0, 0.1) is 0 Å². The number of halogens is 2. The van der Waals surface area contributed by atoms with Gasteiger partial charge in [-0.05, 0) is 6.92 Å². The van der Waals surface area contributed by atoms with Crippen molar-refractivity contribution in [3.63, 3.8) is 0 Å². The van der Waals surface area contributed by atoms with Gasteiger partial charge in [0.1, 0.15) is 0 Å². The topological polar surface area (TPSA) is 6.48 Å². The van der Waals surface area contributed by atoms with Crippen molar-refractivity contribution in [3.8, 4) is 0 Å². The van der Waals surface area contributed by atoms with E-state index in [1.54, 1.807) is 25.1 Å². The fourth-order valence-corrected chi connectivity index (χ4v) is 1.00. The Morgan fingerprint density at radius 2 is 2.20 bits per heavy atom. The summed E-state index contributed by atoms with van der Waals surface area (Å²) in [4.78, 5) is 2.77. The average Bonchev–Trinajstić information content (AvgIpc) is 2.10. The van der Waals surface area contributed by atoms with Crippen molar-refractivity contribution in [2.75, 3.05) is 13.7 Å². The van der Waals surface area contributed by atoms with Crippen LogP contribution in [0.4, 0.5) is 8.78 Å². The molecule has 1 aliphatic rings. The summed E-state index contributed by atoms with van der Waals surface area (Å²) in [6.07, 6.45) is 1.70. The lowest BCUT2D eigenvalue weighted by Crippen LogP contribution is -2.28. The van der Waals surface area contributed by atoms with E-state index in [-0.39, 0.29) is 0 Å². The van der Waals surface area contributed by atoms with Crippen LogP contribution >= 0.6 is 0 Å². The van der Waals surface area contributed by atoms with Gasteiger partial charge in [-0.2, -0.15) is 8.78 Å². The van der Waals surface area contributed by atoms with Crippen LogP contribution in [0.2, 0.25) is 0 Å². The monoisotopic (exact) mass is 148 g/mol. The van der Waals surface area contributed by atoms with Crippen LogP contribution in [0.15, 0.2) is 11.9 Å². The summed E-state index contributed by atoms with van der Waals surface area (Å²) in [5, 5.41) is 0. The third-order valence-electron chi connectivity index (χ3n) is 1.47. The molecule has 1 aliphatic heterocycles. The second-order valence-electron chi connectivity index (χ2n) is 2.42. The summed E-state index contributed by atoms with van der Waals surface area (Å²) in [6, 6.07) is 0. The first kappa shape index (κ1) is 7.31. The first-order chi connectivity index (χ1) is 4.61. The van der Waals surface area contributed by atoms with Gasteiger partial charge in [-0.25, -0.2) is 0 Å². The minimum absolute atomic E-state index is 0.295. The lowest BCUT2D eigenvalue weighted by Gasteiger charge is -2.19. The Balaban J connectivity index is 2.59. The molecule has 0 aromatic heterocycles. The normalized spacial score (nSPS) is 18.7. The zero-order chi connectivity index (χ0) is 7.72. The number of hydrogen-bond donors (Lipinski definition) is 0. The van der Waals surface area contributed by atoms with Gasteiger partial charge in [0.2, 0.25) is 0 Å². The second kappa shape index (κ2) is 2.44. The Labute approximate surface area is 58.7 Å². The summed E-state index contributed by atoms with van der Waals surface area (Å²) in [5.74, 6) is 0. The van der Waals surface area contributed by atoms with E-state index in [0.29, 0.717) is 12.4 Å². The summed E-state index contributed by atoms with van der Waals surface area (Å²) in [7, 11) is 1.77. The van der Waals surface area contributed by atoms with Crippen LogP contribution in [0.5, 0.6) is 0 Å². The third kappa shape index (κ3) is 1.20. The van der Waals surface area contributed by atoms with Crippen molar-refractivity contribution in [3.05, 3.63) is 11.9 Å².